The van der Waals surface area contributed by atoms with E-state index in [0.29, 0.717) is 11.6 Å². The molecule has 0 saturated carbocycles. The van der Waals surface area contributed by atoms with Crippen molar-refractivity contribution in [2.45, 2.75) is 19.9 Å². The molecule has 0 unspecified atom stereocenters. The van der Waals surface area contributed by atoms with Crippen molar-refractivity contribution in [1.82, 2.24) is 15.6 Å². The lowest BCUT2D eigenvalue weighted by atomic mass is 10.2. The number of hydrogen-bond donors (Lipinski definition) is 2. The molecule has 2 N–H and O–H groups in total. The van der Waals surface area contributed by atoms with Crippen molar-refractivity contribution < 1.29 is 23.9 Å². The van der Waals surface area contributed by atoms with Gasteiger partial charge < -0.3 is 20.1 Å². The summed E-state index contributed by atoms with van der Waals surface area (Å²) in [4.78, 5) is 39.6. The molecule has 2 rings (SSSR count). The lowest BCUT2D eigenvalue weighted by Crippen LogP contribution is -2.46. The molecule has 0 aliphatic carbocycles. The van der Waals surface area contributed by atoms with Crippen LogP contribution in [0.1, 0.15) is 24.3 Å². The zero-order chi connectivity index (χ0) is 19.8. The monoisotopic (exact) mass is 391 g/mol. The van der Waals surface area contributed by atoms with E-state index < -0.39 is 24.5 Å². The van der Waals surface area contributed by atoms with Gasteiger partial charge in [0.25, 0.3) is 5.91 Å². The first kappa shape index (κ1) is 20.4. The number of methoxy groups -OCH3 is 1. The molecule has 27 heavy (non-hydrogen) atoms. The molecule has 1 heterocycles. The van der Waals surface area contributed by atoms with Gasteiger partial charge in [-0.1, -0.05) is 0 Å². The maximum absolute atomic E-state index is 12.1. The molecule has 1 aromatic heterocycles. The highest BCUT2D eigenvalue weighted by molar-refractivity contribution is 7.13. The van der Waals surface area contributed by atoms with E-state index in [2.05, 4.69) is 15.6 Å². The first-order valence-corrected chi connectivity index (χ1v) is 9.16. The number of amides is 2. The predicted octanol–water partition coefficient (Wildman–Crippen LogP) is 1.62. The molecular weight excluding hydrogens is 370 g/mol. The maximum Gasteiger partial charge on any atom is 0.358 e. The van der Waals surface area contributed by atoms with Gasteiger partial charge >= 0.3 is 5.97 Å². The van der Waals surface area contributed by atoms with Crippen molar-refractivity contribution in [2.75, 3.05) is 20.3 Å². The molecule has 2 aromatic rings. The van der Waals surface area contributed by atoms with Crippen LogP contribution < -0.4 is 15.4 Å². The summed E-state index contributed by atoms with van der Waals surface area (Å²) in [5.41, 5.74) is 0.962. The van der Waals surface area contributed by atoms with Crippen LogP contribution in [-0.2, 0) is 14.3 Å². The molecule has 0 saturated heterocycles. The summed E-state index contributed by atoms with van der Waals surface area (Å²) in [7, 11) is 1.58. The second kappa shape index (κ2) is 9.67. The molecular formula is C18H21N3O5S. The van der Waals surface area contributed by atoms with Crippen LogP contribution in [0, 0.1) is 0 Å². The molecule has 0 spiro atoms. The Morgan fingerprint density at radius 3 is 2.56 bits per heavy atom. The lowest BCUT2D eigenvalue weighted by Gasteiger charge is -2.13. The standard InChI is InChI=1S/C18H21N3O5S/c1-4-19-16(23)11(2)20-15(22)9-26-18(24)14-10-27-17(21-14)12-5-7-13(25-3)8-6-12/h5-8,10-11H,4,9H2,1-3H3,(H,19,23)(H,20,22)/t11-/m1/s1. The fraction of sp³-hybridized carbons (Fsp3) is 0.333. The second-order valence-corrected chi connectivity index (χ2v) is 6.38. The molecule has 1 atom stereocenters. The second-order valence-electron chi connectivity index (χ2n) is 5.53. The summed E-state index contributed by atoms with van der Waals surface area (Å²) in [6.07, 6.45) is 0. The van der Waals surface area contributed by atoms with Gasteiger partial charge in [0.15, 0.2) is 12.3 Å². The van der Waals surface area contributed by atoms with Gasteiger partial charge in [0.2, 0.25) is 5.91 Å². The summed E-state index contributed by atoms with van der Waals surface area (Å²) in [5.74, 6) is -0.844. The van der Waals surface area contributed by atoms with Gasteiger partial charge in [0, 0.05) is 17.5 Å². The third kappa shape index (κ3) is 5.78. The first-order chi connectivity index (χ1) is 12.9. The molecule has 0 bridgehead atoms. The van der Waals surface area contributed by atoms with Gasteiger partial charge in [-0.25, -0.2) is 9.78 Å². The quantitative estimate of drug-likeness (QED) is 0.662. The minimum atomic E-state index is -0.711. The Kier molecular flexibility index (Phi) is 7.30. The number of likely N-dealkylation sites (N-methyl/N-ethyl adjacent to an activating group) is 1. The molecule has 0 fully saturated rings. The van der Waals surface area contributed by atoms with Gasteiger partial charge in [-0.3, -0.25) is 9.59 Å². The Balaban J connectivity index is 1.88. The number of aromatic nitrogens is 1. The van der Waals surface area contributed by atoms with Gasteiger partial charge in [0.1, 0.15) is 16.8 Å². The number of rotatable bonds is 8. The first-order valence-electron chi connectivity index (χ1n) is 8.28. The fourth-order valence-corrected chi connectivity index (χ4v) is 2.91. The van der Waals surface area contributed by atoms with E-state index in [1.54, 1.807) is 38.5 Å². The van der Waals surface area contributed by atoms with Crippen molar-refractivity contribution >= 4 is 29.1 Å². The zero-order valence-corrected chi connectivity index (χ0v) is 16.1. The van der Waals surface area contributed by atoms with Gasteiger partial charge in [0.05, 0.1) is 7.11 Å². The van der Waals surface area contributed by atoms with Crippen LogP contribution in [0.5, 0.6) is 5.75 Å². The summed E-state index contributed by atoms with van der Waals surface area (Å²) >= 11 is 1.29. The van der Waals surface area contributed by atoms with E-state index >= 15 is 0 Å². The highest BCUT2D eigenvalue weighted by Crippen LogP contribution is 2.25. The largest absolute Gasteiger partial charge is 0.497 e. The van der Waals surface area contributed by atoms with E-state index in [1.807, 2.05) is 12.1 Å². The topological polar surface area (TPSA) is 107 Å². The number of nitrogens with zero attached hydrogens (tertiary/aromatic N) is 1. The van der Waals surface area contributed by atoms with Crippen LogP contribution >= 0.6 is 11.3 Å². The molecule has 1 aromatic carbocycles. The Bertz CT molecular complexity index is 804. The molecule has 9 heteroatoms. The highest BCUT2D eigenvalue weighted by Gasteiger charge is 2.18. The van der Waals surface area contributed by atoms with E-state index in [4.69, 9.17) is 9.47 Å². The van der Waals surface area contributed by atoms with Gasteiger partial charge in [-0.2, -0.15) is 0 Å². The van der Waals surface area contributed by atoms with Crippen LogP contribution in [0.15, 0.2) is 29.6 Å². The molecule has 0 radical (unpaired) electrons. The third-order valence-electron chi connectivity index (χ3n) is 3.51. The van der Waals surface area contributed by atoms with E-state index in [-0.39, 0.29) is 11.6 Å². The summed E-state index contributed by atoms with van der Waals surface area (Å²) < 4.78 is 10.1. The smallest absolute Gasteiger partial charge is 0.358 e. The van der Waals surface area contributed by atoms with Crippen molar-refractivity contribution in [2.24, 2.45) is 0 Å². The van der Waals surface area contributed by atoms with Gasteiger partial charge in [-0.15, -0.1) is 11.3 Å². The Morgan fingerprint density at radius 1 is 1.22 bits per heavy atom. The molecule has 2 amide bonds. The van der Waals surface area contributed by atoms with Crippen LogP contribution in [-0.4, -0.2) is 49.1 Å². The van der Waals surface area contributed by atoms with Crippen LogP contribution in [0.4, 0.5) is 0 Å². The number of hydrogen-bond acceptors (Lipinski definition) is 7. The van der Waals surface area contributed by atoms with E-state index in [1.165, 1.54) is 11.3 Å². The molecule has 8 nitrogen and oxygen atoms in total. The average molecular weight is 391 g/mol. The summed E-state index contributed by atoms with van der Waals surface area (Å²) in [6.45, 7) is 3.31. The predicted molar refractivity (Wildman–Crippen MR) is 101 cm³/mol. The zero-order valence-electron chi connectivity index (χ0n) is 15.3. The lowest BCUT2D eigenvalue weighted by molar-refractivity contribution is -0.130. The van der Waals surface area contributed by atoms with E-state index in [0.717, 1.165) is 11.3 Å². The number of carbonyl (C=O) groups excluding carboxylic acids is 3. The van der Waals surface area contributed by atoms with Crippen LogP contribution in [0.25, 0.3) is 10.6 Å². The minimum Gasteiger partial charge on any atom is -0.497 e. The van der Waals surface area contributed by atoms with Crippen LogP contribution in [0.3, 0.4) is 0 Å². The average Bonchev–Trinajstić information content (AvgIpc) is 3.16. The fourth-order valence-electron chi connectivity index (χ4n) is 2.11. The number of ether oxygens (including phenoxy) is 2. The maximum atomic E-state index is 12.1. The number of thiazole rings is 1. The highest BCUT2D eigenvalue weighted by atomic mass is 32.1. The van der Waals surface area contributed by atoms with Gasteiger partial charge in [-0.05, 0) is 38.1 Å². The number of benzene rings is 1. The summed E-state index contributed by atoms with van der Waals surface area (Å²) in [6, 6.07) is 6.56. The molecule has 0 aliphatic heterocycles. The SMILES string of the molecule is CCNC(=O)[C@@H](C)NC(=O)COC(=O)c1csc(-c2ccc(OC)cc2)n1. The molecule has 0 aliphatic rings. The molecule has 144 valence electrons. The Morgan fingerprint density at radius 2 is 1.93 bits per heavy atom. The number of carbonyl (C=O) groups is 3. The van der Waals surface area contributed by atoms with E-state index in [9.17, 15) is 14.4 Å². The number of esters is 1. The Hall–Kier alpha value is -2.94. The number of nitrogens with one attached hydrogen (secondary N) is 2. The summed E-state index contributed by atoms with van der Waals surface area (Å²) in [5, 5.41) is 7.26. The van der Waals surface area contributed by atoms with Crippen LogP contribution in [0.2, 0.25) is 0 Å². The van der Waals surface area contributed by atoms with Crippen molar-refractivity contribution in [1.29, 1.82) is 0 Å². The van der Waals surface area contributed by atoms with Crippen molar-refractivity contribution in [3.8, 4) is 16.3 Å². The minimum absolute atomic E-state index is 0.121. The van der Waals surface area contributed by atoms with Crippen molar-refractivity contribution in [3.05, 3.63) is 35.3 Å². The van der Waals surface area contributed by atoms with Crippen molar-refractivity contribution in [3.63, 3.8) is 0 Å². The third-order valence-corrected chi connectivity index (χ3v) is 4.40. The Labute approximate surface area is 160 Å². The normalized spacial score (nSPS) is 11.4.